The summed E-state index contributed by atoms with van der Waals surface area (Å²) < 4.78 is 12.0. The molecular formula is C4H2FNO2S. The van der Waals surface area contributed by atoms with Gasteiger partial charge < -0.3 is 5.11 Å². The molecule has 0 aliphatic rings. The predicted molar refractivity (Wildman–Crippen MR) is 29.0 cm³/mol. The summed E-state index contributed by atoms with van der Waals surface area (Å²) in [4.78, 5) is 13.3. The van der Waals surface area contributed by atoms with Crippen molar-refractivity contribution in [2.45, 2.75) is 0 Å². The molecule has 0 saturated heterocycles. The maximum absolute atomic E-state index is 12.0. The van der Waals surface area contributed by atoms with Crippen molar-refractivity contribution in [2.24, 2.45) is 0 Å². The lowest BCUT2D eigenvalue weighted by molar-refractivity contribution is 0.0696. The number of rotatable bonds is 1. The highest BCUT2D eigenvalue weighted by Gasteiger charge is 2.07. The van der Waals surface area contributed by atoms with E-state index < -0.39 is 11.1 Å². The van der Waals surface area contributed by atoms with E-state index in [0.29, 0.717) is 11.3 Å². The average molecular weight is 147 g/mol. The third kappa shape index (κ3) is 1.23. The Morgan fingerprint density at radius 3 is 2.78 bits per heavy atom. The smallest absolute Gasteiger partial charge is 0.365 e. The van der Waals surface area contributed by atoms with Crippen LogP contribution in [0.2, 0.25) is 0 Å². The highest BCUT2D eigenvalue weighted by Crippen LogP contribution is 2.09. The highest BCUT2D eigenvalue weighted by molar-refractivity contribution is 7.11. The van der Waals surface area contributed by atoms with Crippen molar-refractivity contribution in [1.82, 2.24) is 4.98 Å². The Hall–Kier alpha value is -0.970. The predicted octanol–water partition coefficient (Wildman–Crippen LogP) is 0.980. The number of hydrogen-bond donors (Lipinski definition) is 1. The Balaban J connectivity index is 2.98. The molecule has 1 N–H and O–H groups in total. The molecule has 9 heavy (non-hydrogen) atoms. The van der Waals surface area contributed by atoms with Crippen LogP contribution in [-0.2, 0) is 0 Å². The molecule has 0 fully saturated rings. The molecule has 0 saturated carbocycles. The molecule has 1 aromatic heterocycles. The Morgan fingerprint density at radius 1 is 1.89 bits per heavy atom. The van der Waals surface area contributed by atoms with E-state index in [0.717, 1.165) is 6.20 Å². The minimum Gasteiger partial charge on any atom is -0.476 e. The van der Waals surface area contributed by atoms with Crippen molar-refractivity contribution in [1.29, 1.82) is 0 Å². The van der Waals surface area contributed by atoms with Gasteiger partial charge in [-0.05, 0) is 0 Å². The Morgan fingerprint density at radius 2 is 2.56 bits per heavy atom. The molecule has 0 spiro atoms. The second kappa shape index (κ2) is 2.10. The summed E-state index contributed by atoms with van der Waals surface area (Å²) in [7, 11) is 0. The number of thiazole rings is 1. The first-order valence-corrected chi connectivity index (χ1v) is 2.86. The van der Waals surface area contributed by atoms with Gasteiger partial charge >= 0.3 is 5.97 Å². The molecule has 0 radical (unpaired) electrons. The van der Waals surface area contributed by atoms with E-state index in [2.05, 4.69) is 4.98 Å². The summed E-state index contributed by atoms with van der Waals surface area (Å²) >= 11 is 0.519. The lowest BCUT2D eigenvalue weighted by Crippen LogP contribution is -1.92. The minimum absolute atomic E-state index is 0.215. The lowest BCUT2D eigenvalue weighted by atomic mass is 10.7. The standard InChI is InChI=1S/C4H2FNO2S/c5-2-1-6-3(9-2)4(7)8/h1H,(H,7,8). The Labute approximate surface area is 53.8 Å². The van der Waals surface area contributed by atoms with Crippen LogP contribution in [0.15, 0.2) is 6.20 Å². The van der Waals surface area contributed by atoms with Crippen LogP contribution in [0.1, 0.15) is 9.80 Å². The second-order valence-electron chi connectivity index (χ2n) is 1.27. The van der Waals surface area contributed by atoms with Gasteiger partial charge in [-0.3, -0.25) is 0 Å². The molecule has 0 atom stereocenters. The molecule has 0 aliphatic carbocycles. The summed E-state index contributed by atoms with van der Waals surface area (Å²) in [5, 5.41) is 7.39. The number of carboxylic acids is 1. The maximum atomic E-state index is 12.0. The van der Waals surface area contributed by atoms with Crippen molar-refractivity contribution in [2.75, 3.05) is 0 Å². The van der Waals surface area contributed by atoms with Crippen LogP contribution in [-0.4, -0.2) is 16.1 Å². The van der Waals surface area contributed by atoms with E-state index >= 15 is 0 Å². The molecule has 0 aliphatic heterocycles. The maximum Gasteiger partial charge on any atom is 0.365 e. The van der Waals surface area contributed by atoms with Gasteiger partial charge in [-0.1, -0.05) is 11.3 Å². The van der Waals surface area contributed by atoms with Crippen LogP contribution < -0.4 is 0 Å². The zero-order valence-corrected chi connectivity index (χ0v) is 4.98. The monoisotopic (exact) mass is 147 g/mol. The number of halogens is 1. The van der Waals surface area contributed by atoms with Crippen LogP contribution in [0.5, 0.6) is 0 Å². The van der Waals surface area contributed by atoms with E-state index in [1.807, 2.05) is 0 Å². The number of nitrogens with zero attached hydrogens (tertiary/aromatic N) is 1. The summed E-state index contributed by atoms with van der Waals surface area (Å²) in [6, 6.07) is 0. The third-order valence-electron chi connectivity index (χ3n) is 0.660. The van der Waals surface area contributed by atoms with Gasteiger partial charge in [0.1, 0.15) is 0 Å². The van der Waals surface area contributed by atoms with E-state index in [9.17, 15) is 9.18 Å². The summed E-state index contributed by atoms with van der Waals surface area (Å²) in [6.45, 7) is 0. The van der Waals surface area contributed by atoms with Gasteiger partial charge in [-0.15, -0.1) is 0 Å². The van der Waals surface area contributed by atoms with Gasteiger partial charge in [0.05, 0.1) is 6.20 Å². The normalized spacial score (nSPS) is 9.44. The molecule has 48 valence electrons. The zero-order chi connectivity index (χ0) is 6.85. The quantitative estimate of drug-likeness (QED) is 0.644. The van der Waals surface area contributed by atoms with Gasteiger partial charge in [0.15, 0.2) is 5.13 Å². The summed E-state index contributed by atoms with van der Waals surface area (Å²) in [5.41, 5.74) is 0. The minimum atomic E-state index is -1.19. The zero-order valence-electron chi connectivity index (χ0n) is 4.17. The SMILES string of the molecule is O=C(O)c1ncc(F)s1. The summed E-state index contributed by atoms with van der Waals surface area (Å²) in [6.07, 6.45) is 0.883. The number of carbonyl (C=O) groups is 1. The van der Waals surface area contributed by atoms with E-state index in [1.54, 1.807) is 0 Å². The molecule has 3 nitrogen and oxygen atoms in total. The molecule has 1 aromatic rings. The first-order valence-electron chi connectivity index (χ1n) is 2.05. The number of carboxylic acid groups (broad SMARTS) is 1. The Kier molecular flexibility index (Phi) is 1.44. The fraction of sp³-hybridized carbons (Fsp3) is 0. The highest BCUT2D eigenvalue weighted by atomic mass is 32.1. The third-order valence-corrected chi connectivity index (χ3v) is 1.43. The molecule has 0 aromatic carbocycles. The Bertz CT molecular complexity index is 234. The van der Waals surface area contributed by atoms with E-state index in [-0.39, 0.29) is 5.01 Å². The summed E-state index contributed by atoms with van der Waals surface area (Å²) in [5.74, 6) is -1.19. The lowest BCUT2D eigenvalue weighted by Gasteiger charge is -1.77. The molecule has 0 amide bonds. The van der Waals surface area contributed by atoms with Crippen molar-refractivity contribution < 1.29 is 14.3 Å². The van der Waals surface area contributed by atoms with Gasteiger partial charge in [-0.25, -0.2) is 9.78 Å². The van der Waals surface area contributed by atoms with Crippen LogP contribution in [0.3, 0.4) is 0 Å². The second-order valence-corrected chi connectivity index (χ2v) is 2.26. The van der Waals surface area contributed by atoms with Crippen LogP contribution in [0, 0.1) is 5.13 Å². The fourth-order valence-electron chi connectivity index (χ4n) is 0.353. The van der Waals surface area contributed by atoms with Crippen LogP contribution in [0.25, 0.3) is 0 Å². The molecule has 1 heterocycles. The first kappa shape index (κ1) is 6.15. The van der Waals surface area contributed by atoms with Crippen LogP contribution >= 0.6 is 11.3 Å². The van der Waals surface area contributed by atoms with Crippen molar-refractivity contribution >= 4 is 17.3 Å². The molecule has 5 heteroatoms. The van der Waals surface area contributed by atoms with Gasteiger partial charge in [0.2, 0.25) is 5.01 Å². The largest absolute Gasteiger partial charge is 0.476 e. The number of hydrogen-bond acceptors (Lipinski definition) is 3. The van der Waals surface area contributed by atoms with Crippen LogP contribution in [0.4, 0.5) is 4.39 Å². The average Bonchev–Trinajstić information content (AvgIpc) is 2.14. The number of aromatic nitrogens is 1. The van der Waals surface area contributed by atoms with Crippen molar-refractivity contribution in [3.05, 3.63) is 16.3 Å². The first-order chi connectivity index (χ1) is 4.20. The van der Waals surface area contributed by atoms with Gasteiger partial charge in [0.25, 0.3) is 0 Å². The topological polar surface area (TPSA) is 50.2 Å². The molecular weight excluding hydrogens is 145 g/mol. The van der Waals surface area contributed by atoms with Crippen molar-refractivity contribution in [3.63, 3.8) is 0 Å². The molecule has 0 unspecified atom stereocenters. The van der Waals surface area contributed by atoms with E-state index in [4.69, 9.17) is 5.11 Å². The number of aromatic carboxylic acids is 1. The molecule has 0 bridgehead atoms. The van der Waals surface area contributed by atoms with Gasteiger partial charge in [0, 0.05) is 0 Å². The van der Waals surface area contributed by atoms with Crippen molar-refractivity contribution in [3.8, 4) is 0 Å². The van der Waals surface area contributed by atoms with E-state index in [1.165, 1.54) is 0 Å². The fourth-order valence-corrected chi connectivity index (χ4v) is 0.836. The molecule has 1 rings (SSSR count). The van der Waals surface area contributed by atoms with Gasteiger partial charge in [-0.2, -0.15) is 4.39 Å².